The van der Waals surface area contributed by atoms with E-state index in [1.165, 1.54) is 6.41 Å². The SMILES string of the molecule is O=[C]N[C@H]1CCCCN(C(=O)COc2ccccc2)C1=O. The average molecular weight is 289 g/mol. The van der Waals surface area contributed by atoms with Crippen molar-refractivity contribution in [2.24, 2.45) is 0 Å². The van der Waals surface area contributed by atoms with E-state index in [2.05, 4.69) is 5.32 Å². The summed E-state index contributed by atoms with van der Waals surface area (Å²) in [6.07, 6.45) is 3.54. The molecule has 2 rings (SSSR count). The van der Waals surface area contributed by atoms with E-state index in [9.17, 15) is 14.4 Å². The van der Waals surface area contributed by atoms with Crippen LogP contribution in [0.15, 0.2) is 30.3 Å². The zero-order valence-electron chi connectivity index (χ0n) is 11.6. The average Bonchev–Trinajstić information content (AvgIpc) is 2.69. The van der Waals surface area contributed by atoms with Gasteiger partial charge in [-0.15, -0.1) is 0 Å². The van der Waals surface area contributed by atoms with Crippen LogP contribution in [0, 0.1) is 0 Å². The number of hydrogen-bond acceptors (Lipinski definition) is 4. The standard InChI is InChI=1S/C15H17N2O4/c18-11-16-13-8-4-5-9-17(15(13)20)14(19)10-21-12-6-2-1-3-7-12/h1-3,6-7,13H,4-5,8-10H2,(H,16,18)/t13-/m0/s1. The van der Waals surface area contributed by atoms with Crippen LogP contribution in [-0.2, 0) is 14.4 Å². The molecule has 0 saturated carbocycles. The third-order valence-electron chi connectivity index (χ3n) is 3.33. The zero-order valence-corrected chi connectivity index (χ0v) is 11.6. The third-order valence-corrected chi connectivity index (χ3v) is 3.33. The van der Waals surface area contributed by atoms with Gasteiger partial charge in [0.1, 0.15) is 11.8 Å². The summed E-state index contributed by atoms with van der Waals surface area (Å²) in [6.45, 7) is 0.153. The number of carbonyl (C=O) groups excluding carboxylic acids is 3. The van der Waals surface area contributed by atoms with Gasteiger partial charge in [0, 0.05) is 6.54 Å². The molecule has 6 nitrogen and oxygen atoms in total. The molecular formula is C15H17N2O4. The number of imide groups is 1. The van der Waals surface area contributed by atoms with E-state index in [4.69, 9.17) is 4.74 Å². The Morgan fingerprint density at radius 1 is 1.33 bits per heavy atom. The minimum absolute atomic E-state index is 0.201. The quantitative estimate of drug-likeness (QED) is 0.807. The topological polar surface area (TPSA) is 75.7 Å². The first kappa shape index (κ1) is 15.0. The van der Waals surface area contributed by atoms with Gasteiger partial charge in [0.05, 0.1) is 0 Å². The molecule has 0 unspecified atom stereocenters. The number of carbonyl (C=O) groups is 2. The molecule has 0 spiro atoms. The molecule has 1 aromatic carbocycles. The van der Waals surface area contributed by atoms with Crippen LogP contribution in [0.1, 0.15) is 19.3 Å². The van der Waals surface area contributed by atoms with Gasteiger partial charge in [0.15, 0.2) is 6.61 Å². The minimum Gasteiger partial charge on any atom is -0.484 e. The minimum atomic E-state index is -0.675. The van der Waals surface area contributed by atoms with Gasteiger partial charge in [-0.25, -0.2) is 0 Å². The molecule has 1 N–H and O–H groups in total. The van der Waals surface area contributed by atoms with Crippen LogP contribution in [0.4, 0.5) is 0 Å². The van der Waals surface area contributed by atoms with E-state index in [1.54, 1.807) is 24.3 Å². The second-order valence-electron chi connectivity index (χ2n) is 4.78. The molecule has 1 aliphatic heterocycles. The molecule has 1 atom stereocenters. The molecule has 0 aromatic heterocycles. The number of hydrogen-bond donors (Lipinski definition) is 1. The Morgan fingerprint density at radius 2 is 2.10 bits per heavy atom. The largest absolute Gasteiger partial charge is 0.484 e. The van der Waals surface area contributed by atoms with Crippen LogP contribution in [0.3, 0.4) is 0 Å². The van der Waals surface area contributed by atoms with Crippen molar-refractivity contribution in [3.8, 4) is 5.75 Å². The number of amides is 3. The van der Waals surface area contributed by atoms with Gasteiger partial charge < -0.3 is 10.1 Å². The third kappa shape index (κ3) is 4.05. The summed E-state index contributed by atoms with van der Waals surface area (Å²) in [5, 5.41) is 2.34. The summed E-state index contributed by atoms with van der Waals surface area (Å²) in [4.78, 5) is 35.9. The van der Waals surface area contributed by atoms with Gasteiger partial charge in [0.25, 0.3) is 11.8 Å². The van der Waals surface area contributed by atoms with E-state index in [1.807, 2.05) is 6.07 Å². The second kappa shape index (κ2) is 7.42. The summed E-state index contributed by atoms with van der Waals surface area (Å²) in [5.41, 5.74) is 0. The Balaban J connectivity index is 1.96. The van der Waals surface area contributed by atoms with Gasteiger partial charge >= 0.3 is 6.41 Å². The lowest BCUT2D eigenvalue weighted by molar-refractivity contribution is -0.146. The Morgan fingerprint density at radius 3 is 2.81 bits per heavy atom. The maximum absolute atomic E-state index is 12.2. The summed E-state index contributed by atoms with van der Waals surface area (Å²) >= 11 is 0. The van der Waals surface area contributed by atoms with Crippen LogP contribution in [0.5, 0.6) is 5.75 Å². The van der Waals surface area contributed by atoms with E-state index >= 15 is 0 Å². The van der Waals surface area contributed by atoms with Crippen molar-refractivity contribution in [2.45, 2.75) is 25.3 Å². The summed E-state index contributed by atoms with van der Waals surface area (Å²) in [5.74, 6) is -0.218. The molecule has 1 aromatic rings. The van der Waals surface area contributed by atoms with Crippen molar-refractivity contribution in [1.82, 2.24) is 10.2 Å². The number of rotatable bonds is 5. The van der Waals surface area contributed by atoms with Crippen molar-refractivity contribution in [1.29, 1.82) is 0 Å². The smallest absolute Gasteiger partial charge is 0.309 e. The van der Waals surface area contributed by atoms with Crippen molar-refractivity contribution < 1.29 is 19.1 Å². The lowest BCUT2D eigenvalue weighted by Gasteiger charge is -2.22. The van der Waals surface area contributed by atoms with Crippen molar-refractivity contribution in [2.75, 3.05) is 13.2 Å². The Kier molecular flexibility index (Phi) is 5.31. The maximum Gasteiger partial charge on any atom is 0.309 e. The van der Waals surface area contributed by atoms with Crippen LogP contribution in [0.2, 0.25) is 0 Å². The number of nitrogens with zero attached hydrogens (tertiary/aromatic N) is 1. The first-order valence-corrected chi connectivity index (χ1v) is 6.87. The highest BCUT2D eigenvalue weighted by molar-refractivity contribution is 5.99. The van der Waals surface area contributed by atoms with Crippen LogP contribution in [-0.4, -0.2) is 42.3 Å². The van der Waals surface area contributed by atoms with Crippen LogP contribution in [0.25, 0.3) is 0 Å². The van der Waals surface area contributed by atoms with E-state index < -0.39 is 17.9 Å². The Hall–Kier alpha value is -2.37. The highest BCUT2D eigenvalue weighted by atomic mass is 16.5. The monoisotopic (exact) mass is 289 g/mol. The molecule has 1 aliphatic rings. The summed E-state index contributed by atoms with van der Waals surface area (Å²) < 4.78 is 5.36. The van der Waals surface area contributed by atoms with Gasteiger partial charge in [-0.05, 0) is 31.4 Å². The summed E-state index contributed by atoms with van der Waals surface area (Å²) in [7, 11) is 0. The number of ether oxygens (including phenoxy) is 1. The van der Waals surface area contributed by atoms with E-state index in [0.29, 0.717) is 18.7 Å². The molecule has 0 aliphatic carbocycles. The molecular weight excluding hydrogens is 272 g/mol. The number of para-hydroxylation sites is 1. The molecule has 0 bridgehead atoms. The summed E-state index contributed by atoms with van der Waals surface area (Å²) in [6, 6.07) is 8.25. The predicted octanol–water partition coefficient (Wildman–Crippen LogP) is 0.630. The first-order valence-electron chi connectivity index (χ1n) is 6.87. The fourth-order valence-electron chi connectivity index (χ4n) is 2.23. The van der Waals surface area contributed by atoms with E-state index in [-0.39, 0.29) is 6.61 Å². The number of likely N-dealkylation sites (tertiary alicyclic amines) is 1. The highest BCUT2D eigenvalue weighted by Crippen LogP contribution is 2.13. The second-order valence-corrected chi connectivity index (χ2v) is 4.78. The zero-order chi connectivity index (χ0) is 15.1. The molecule has 6 heteroatoms. The molecule has 111 valence electrons. The van der Waals surface area contributed by atoms with E-state index in [0.717, 1.165) is 17.7 Å². The number of nitrogens with one attached hydrogen (secondary N) is 1. The maximum atomic E-state index is 12.2. The normalized spacial score (nSPS) is 18.8. The Bertz CT molecular complexity index is 504. The molecule has 3 amide bonds. The number of benzene rings is 1. The molecule has 1 fully saturated rings. The predicted molar refractivity (Wildman–Crippen MR) is 75.1 cm³/mol. The van der Waals surface area contributed by atoms with Crippen LogP contribution >= 0.6 is 0 Å². The van der Waals surface area contributed by atoms with Crippen molar-refractivity contribution in [3.05, 3.63) is 30.3 Å². The van der Waals surface area contributed by atoms with Crippen molar-refractivity contribution >= 4 is 18.2 Å². The molecule has 1 saturated heterocycles. The van der Waals surface area contributed by atoms with Crippen molar-refractivity contribution in [3.63, 3.8) is 0 Å². The molecule has 1 radical (unpaired) electrons. The Labute approximate surface area is 123 Å². The lowest BCUT2D eigenvalue weighted by Crippen LogP contribution is -2.48. The van der Waals surface area contributed by atoms with Crippen LogP contribution < -0.4 is 10.1 Å². The first-order chi connectivity index (χ1) is 10.2. The fraction of sp³-hybridized carbons (Fsp3) is 0.400. The lowest BCUT2D eigenvalue weighted by atomic mass is 10.1. The van der Waals surface area contributed by atoms with Gasteiger partial charge in [-0.3, -0.25) is 19.3 Å². The fourth-order valence-corrected chi connectivity index (χ4v) is 2.23. The van der Waals surface area contributed by atoms with Gasteiger partial charge in [-0.1, -0.05) is 18.2 Å². The van der Waals surface area contributed by atoms with Gasteiger partial charge in [-0.2, -0.15) is 0 Å². The molecule has 21 heavy (non-hydrogen) atoms. The highest BCUT2D eigenvalue weighted by Gasteiger charge is 2.30. The van der Waals surface area contributed by atoms with Gasteiger partial charge in [0.2, 0.25) is 0 Å². The molecule has 1 heterocycles.